The molecule has 1 saturated heterocycles. The minimum absolute atomic E-state index is 0.581. The fourth-order valence-electron chi connectivity index (χ4n) is 3.76. The number of anilines is 1. The monoisotopic (exact) mass is 422 g/mol. The van der Waals surface area contributed by atoms with Gasteiger partial charge in [0.15, 0.2) is 0 Å². The third-order valence-corrected chi connectivity index (χ3v) is 6.58. The van der Waals surface area contributed by atoms with Crippen LogP contribution in [0.25, 0.3) is 21.0 Å². The van der Waals surface area contributed by atoms with Crippen LogP contribution in [0.4, 0.5) is 10.5 Å². The van der Waals surface area contributed by atoms with Gasteiger partial charge in [-0.15, -0.1) is 11.3 Å². The van der Waals surface area contributed by atoms with E-state index in [4.69, 9.17) is 10.5 Å². The molecule has 3 N–H and O–H groups in total. The molecule has 1 aliphatic heterocycles. The molecule has 7 heteroatoms. The van der Waals surface area contributed by atoms with Gasteiger partial charge in [0, 0.05) is 36.9 Å². The summed E-state index contributed by atoms with van der Waals surface area (Å²) in [5, 5.41) is 2.73. The van der Waals surface area contributed by atoms with Gasteiger partial charge in [0.05, 0.1) is 16.3 Å². The molecule has 3 aromatic rings. The molecule has 0 aliphatic carbocycles. The van der Waals surface area contributed by atoms with Crippen LogP contribution in [0.1, 0.15) is 18.4 Å². The standard InChI is InChI=1S/C23H26N4O2S/c1-27(18-9-12-29-13-10-18)15-16-5-7-17(8-6-16)21-14-20(26-23(24)28)22(30-21)19-4-2-3-11-25-19/h2-8,11,14,18H,9-10,12-13,15H2,1H3,(H3,24,26,28). The van der Waals surface area contributed by atoms with Crippen molar-refractivity contribution in [3.8, 4) is 21.0 Å². The average molecular weight is 423 g/mol. The summed E-state index contributed by atoms with van der Waals surface area (Å²) in [6.45, 7) is 2.63. The Balaban J connectivity index is 1.53. The summed E-state index contributed by atoms with van der Waals surface area (Å²) in [7, 11) is 2.18. The summed E-state index contributed by atoms with van der Waals surface area (Å²) in [6, 6.07) is 16.3. The molecule has 1 fully saturated rings. The van der Waals surface area contributed by atoms with Gasteiger partial charge in [0.2, 0.25) is 0 Å². The highest BCUT2D eigenvalue weighted by molar-refractivity contribution is 7.19. The first kappa shape index (κ1) is 20.5. The number of hydrogen-bond acceptors (Lipinski definition) is 5. The Morgan fingerprint density at radius 2 is 2.00 bits per heavy atom. The Morgan fingerprint density at radius 3 is 2.67 bits per heavy atom. The van der Waals surface area contributed by atoms with Gasteiger partial charge >= 0.3 is 6.03 Å². The summed E-state index contributed by atoms with van der Waals surface area (Å²) >= 11 is 1.59. The molecule has 0 radical (unpaired) electrons. The van der Waals surface area contributed by atoms with E-state index >= 15 is 0 Å². The normalized spacial score (nSPS) is 14.7. The van der Waals surface area contributed by atoms with Crippen molar-refractivity contribution in [1.82, 2.24) is 9.88 Å². The minimum Gasteiger partial charge on any atom is -0.381 e. The predicted octanol–water partition coefficient (Wildman–Crippen LogP) is 4.58. The van der Waals surface area contributed by atoms with E-state index in [-0.39, 0.29) is 0 Å². The summed E-state index contributed by atoms with van der Waals surface area (Å²) in [6.07, 6.45) is 3.93. The van der Waals surface area contributed by atoms with Crippen molar-refractivity contribution >= 4 is 23.1 Å². The number of nitrogens with zero attached hydrogens (tertiary/aromatic N) is 2. The van der Waals surface area contributed by atoms with Crippen molar-refractivity contribution in [1.29, 1.82) is 0 Å². The molecule has 6 nitrogen and oxygen atoms in total. The Labute approximate surface area is 180 Å². The lowest BCUT2D eigenvalue weighted by molar-refractivity contribution is 0.0407. The number of amides is 2. The van der Waals surface area contributed by atoms with Gasteiger partial charge in [-0.05, 0) is 49.2 Å². The maximum atomic E-state index is 11.5. The molecular formula is C23H26N4O2S. The number of thiophene rings is 1. The van der Waals surface area contributed by atoms with Gasteiger partial charge in [-0.25, -0.2) is 4.79 Å². The number of primary amides is 1. The fourth-order valence-corrected chi connectivity index (χ4v) is 4.86. The van der Waals surface area contributed by atoms with Gasteiger partial charge in [-0.2, -0.15) is 0 Å². The topological polar surface area (TPSA) is 80.5 Å². The molecular weight excluding hydrogens is 396 g/mol. The number of urea groups is 1. The van der Waals surface area contributed by atoms with E-state index in [0.717, 1.165) is 53.6 Å². The number of ether oxygens (including phenoxy) is 1. The van der Waals surface area contributed by atoms with E-state index in [2.05, 4.69) is 46.5 Å². The van der Waals surface area contributed by atoms with E-state index in [9.17, 15) is 4.79 Å². The lowest BCUT2D eigenvalue weighted by Crippen LogP contribution is -2.36. The molecule has 30 heavy (non-hydrogen) atoms. The fraction of sp³-hybridized carbons (Fsp3) is 0.304. The van der Waals surface area contributed by atoms with Crippen molar-refractivity contribution in [2.24, 2.45) is 5.73 Å². The molecule has 2 amide bonds. The number of aromatic nitrogens is 1. The molecule has 1 aromatic carbocycles. The Morgan fingerprint density at radius 1 is 1.23 bits per heavy atom. The molecule has 0 bridgehead atoms. The van der Waals surface area contributed by atoms with E-state index in [1.54, 1.807) is 17.5 Å². The van der Waals surface area contributed by atoms with Crippen molar-refractivity contribution < 1.29 is 9.53 Å². The van der Waals surface area contributed by atoms with Crippen molar-refractivity contribution in [3.05, 3.63) is 60.3 Å². The maximum Gasteiger partial charge on any atom is 0.316 e. The number of pyridine rings is 1. The van der Waals surface area contributed by atoms with Crippen molar-refractivity contribution in [2.45, 2.75) is 25.4 Å². The highest BCUT2D eigenvalue weighted by atomic mass is 32.1. The first-order valence-electron chi connectivity index (χ1n) is 10.1. The van der Waals surface area contributed by atoms with Crippen LogP contribution in [0, 0.1) is 0 Å². The van der Waals surface area contributed by atoms with Crippen LogP contribution in [0.5, 0.6) is 0 Å². The highest BCUT2D eigenvalue weighted by Crippen LogP contribution is 2.40. The van der Waals surface area contributed by atoms with Crippen molar-refractivity contribution in [3.63, 3.8) is 0 Å². The Bertz CT molecular complexity index is 982. The van der Waals surface area contributed by atoms with Gasteiger partial charge < -0.3 is 15.8 Å². The smallest absolute Gasteiger partial charge is 0.316 e. The second-order valence-corrected chi connectivity index (χ2v) is 8.57. The zero-order valence-corrected chi connectivity index (χ0v) is 17.8. The van der Waals surface area contributed by atoms with Crippen LogP contribution < -0.4 is 11.1 Å². The number of hydrogen-bond donors (Lipinski definition) is 2. The maximum absolute atomic E-state index is 11.5. The van der Waals surface area contributed by atoms with E-state index < -0.39 is 6.03 Å². The van der Waals surface area contributed by atoms with E-state index in [1.807, 2.05) is 24.3 Å². The number of nitrogens with two attached hydrogens (primary N) is 1. The van der Waals surface area contributed by atoms with Gasteiger partial charge in [-0.3, -0.25) is 9.88 Å². The lowest BCUT2D eigenvalue weighted by Gasteiger charge is -2.31. The average Bonchev–Trinajstić information content (AvgIpc) is 3.18. The van der Waals surface area contributed by atoms with Gasteiger partial charge in [-0.1, -0.05) is 30.3 Å². The first-order valence-corrected chi connectivity index (χ1v) is 10.9. The highest BCUT2D eigenvalue weighted by Gasteiger charge is 2.19. The van der Waals surface area contributed by atoms with Crippen LogP contribution in [-0.2, 0) is 11.3 Å². The van der Waals surface area contributed by atoms with E-state index in [1.165, 1.54) is 5.56 Å². The van der Waals surface area contributed by atoms with E-state index in [0.29, 0.717) is 11.7 Å². The van der Waals surface area contributed by atoms with Crippen LogP contribution in [0.15, 0.2) is 54.7 Å². The zero-order valence-electron chi connectivity index (χ0n) is 17.0. The van der Waals surface area contributed by atoms with Crippen LogP contribution in [0.3, 0.4) is 0 Å². The molecule has 1 aliphatic rings. The minimum atomic E-state index is -0.581. The number of carbonyl (C=O) groups is 1. The van der Waals surface area contributed by atoms with Crippen LogP contribution >= 0.6 is 11.3 Å². The summed E-state index contributed by atoms with van der Waals surface area (Å²) < 4.78 is 5.47. The Hall–Kier alpha value is -2.74. The molecule has 156 valence electrons. The second kappa shape index (κ2) is 9.38. The number of rotatable bonds is 6. The summed E-state index contributed by atoms with van der Waals surface area (Å²) in [4.78, 5) is 20.2. The van der Waals surface area contributed by atoms with Crippen molar-refractivity contribution in [2.75, 3.05) is 25.6 Å². The molecule has 0 unspecified atom stereocenters. The van der Waals surface area contributed by atoms with Crippen LogP contribution in [0.2, 0.25) is 0 Å². The molecule has 3 heterocycles. The number of benzene rings is 1. The molecule has 0 saturated carbocycles. The Kier molecular flexibility index (Phi) is 6.42. The summed E-state index contributed by atoms with van der Waals surface area (Å²) in [5.74, 6) is 0. The quantitative estimate of drug-likeness (QED) is 0.609. The SMILES string of the molecule is CN(Cc1ccc(-c2cc(NC(N)=O)c(-c3ccccn3)s2)cc1)C1CCOCC1. The zero-order chi connectivity index (χ0) is 20.9. The first-order chi connectivity index (χ1) is 14.6. The predicted molar refractivity (Wildman–Crippen MR) is 122 cm³/mol. The van der Waals surface area contributed by atoms with Gasteiger partial charge in [0.25, 0.3) is 0 Å². The third-order valence-electron chi connectivity index (χ3n) is 5.37. The lowest BCUT2D eigenvalue weighted by atomic mass is 10.1. The molecule has 0 atom stereocenters. The number of nitrogens with one attached hydrogen (secondary N) is 1. The van der Waals surface area contributed by atoms with Gasteiger partial charge in [0.1, 0.15) is 0 Å². The van der Waals surface area contributed by atoms with Crippen LogP contribution in [-0.4, -0.2) is 42.2 Å². The third kappa shape index (κ3) is 4.87. The molecule has 4 rings (SSSR count). The number of carbonyl (C=O) groups excluding carboxylic acids is 1. The molecule has 0 spiro atoms. The molecule has 2 aromatic heterocycles. The second-order valence-electron chi connectivity index (χ2n) is 7.51. The largest absolute Gasteiger partial charge is 0.381 e. The summed E-state index contributed by atoms with van der Waals surface area (Å²) in [5.41, 5.74) is 9.25.